The van der Waals surface area contributed by atoms with E-state index in [1.165, 1.54) is 12.1 Å². The van der Waals surface area contributed by atoms with Gasteiger partial charge in [-0.05, 0) is 49.2 Å². The number of thioether (sulfide) groups is 1. The number of carbonyl (C=O) groups is 1. The monoisotopic (exact) mass is 414 g/mol. The number of piperazine rings is 1. The SMILES string of the molecule is O=C(CSc1ccncc1)N1CCC[C@@H](N2CCN(c3ccc(F)cc3)CC2)C1. The Labute approximate surface area is 175 Å². The Morgan fingerprint density at radius 2 is 1.76 bits per heavy atom. The Hall–Kier alpha value is -2.12. The summed E-state index contributed by atoms with van der Waals surface area (Å²) in [7, 11) is 0. The predicted octanol–water partition coefficient (Wildman–Crippen LogP) is 3.13. The van der Waals surface area contributed by atoms with E-state index in [4.69, 9.17) is 0 Å². The molecule has 3 heterocycles. The summed E-state index contributed by atoms with van der Waals surface area (Å²) in [4.78, 5) is 24.7. The second-order valence-corrected chi connectivity index (χ2v) is 8.66. The van der Waals surface area contributed by atoms with Crippen molar-refractivity contribution in [2.24, 2.45) is 0 Å². The lowest BCUT2D eigenvalue weighted by Gasteiger charge is -2.44. The Morgan fingerprint density at radius 1 is 1.03 bits per heavy atom. The summed E-state index contributed by atoms with van der Waals surface area (Å²) < 4.78 is 13.1. The molecule has 5 nitrogen and oxygen atoms in total. The van der Waals surface area contributed by atoms with Gasteiger partial charge in [0.05, 0.1) is 5.75 Å². The number of piperidine rings is 1. The number of benzene rings is 1. The molecule has 0 bridgehead atoms. The van der Waals surface area contributed by atoms with Gasteiger partial charge in [-0.1, -0.05) is 0 Å². The summed E-state index contributed by atoms with van der Waals surface area (Å²) in [6.07, 6.45) is 5.73. The van der Waals surface area contributed by atoms with Gasteiger partial charge in [0.2, 0.25) is 5.91 Å². The van der Waals surface area contributed by atoms with Gasteiger partial charge in [-0.15, -0.1) is 11.8 Å². The first-order chi connectivity index (χ1) is 14.2. The van der Waals surface area contributed by atoms with Crippen LogP contribution >= 0.6 is 11.8 Å². The van der Waals surface area contributed by atoms with Gasteiger partial charge in [-0.25, -0.2) is 4.39 Å². The summed E-state index contributed by atoms with van der Waals surface area (Å²) in [5.41, 5.74) is 1.08. The summed E-state index contributed by atoms with van der Waals surface area (Å²) in [5.74, 6) is 0.512. The number of hydrogen-bond donors (Lipinski definition) is 0. The average molecular weight is 415 g/mol. The van der Waals surface area contributed by atoms with Crippen molar-refractivity contribution in [3.8, 4) is 0 Å². The van der Waals surface area contributed by atoms with Gasteiger partial charge in [0.25, 0.3) is 0 Å². The fraction of sp³-hybridized carbons (Fsp3) is 0.455. The molecular weight excluding hydrogens is 387 g/mol. The van der Waals surface area contributed by atoms with Crippen molar-refractivity contribution in [1.82, 2.24) is 14.8 Å². The zero-order chi connectivity index (χ0) is 20.1. The van der Waals surface area contributed by atoms with Crippen LogP contribution in [0.4, 0.5) is 10.1 Å². The molecule has 0 aliphatic carbocycles. The number of anilines is 1. The van der Waals surface area contributed by atoms with E-state index in [9.17, 15) is 9.18 Å². The van der Waals surface area contributed by atoms with E-state index >= 15 is 0 Å². The van der Waals surface area contributed by atoms with Gasteiger partial charge in [0.1, 0.15) is 5.82 Å². The molecule has 7 heteroatoms. The van der Waals surface area contributed by atoms with Crippen LogP contribution in [0.15, 0.2) is 53.7 Å². The molecule has 2 aliphatic rings. The molecule has 1 aromatic heterocycles. The first-order valence-corrected chi connectivity index (χ1v) is 11.2. The molecular formula is C22H27FN4OS. The van der Waals surface area contributed by atoms with Crippen LogP contribution in [0, 0.1) is 5.82 Å². The molecule has 2 saturated heterocycles. The lowest BCUT2D eigenvalue weighted by Crippen LogP contribution is -2.56. The number of hydrogen-bond acceptors (Lipinski definition) is 5. The van der Waals surface area contributed by atoms with Gasteiger partial charge in [-0.2, -0.15) is 0 Å². The van der Waals surface area contributed by atoms with Crippen LogP contribution < -0.4 is 4.90 Å². The van der Waals surface area contributed by atoms with Crippen molar-refractivity contribution < 1.29 is 9.18 Å². The highest BCUT2D eigenvalue weighted by Crippen LogP contribution is 2.23. The molecule has 0 unspecified atom stereocenters. The standard InChI is InChI=1S/C22H27FN4OS/c23-18-3-5-19(6-4-18)25-12-14-26(15-13-25)20-2-1-11-27(16-20)22(28)17-29-21-7-9-24-10-8-21/h3-10,20H,1-2,11-17H2/t20-/m1/s1. The Bertz CT molecular complexity index is 796. The van der Waals surface area contributed by atoms with E-state index in [0.717, 1.165) is 62.7 Å². The summed E-state index contributed by atoms with van der Waals surface area (Å²) in [5, 5.41) is 0. The van der Waals surface area contributed by atoms with Crippen molar-refractivity contribution >= 4 is 23.4 Å². The van der Waals surface area contributed by atoms with Gasteiger partial charge in [0, 0.05) is 68.3 Å². The molecule has 0 spiro atoms. The van der Waals surface area contributed by atoms with Crippen LogP contribution in [0.25, 0.3) is 0 Å². The molecule has 4 rings (SSSR count). The highest BCUT2D eigenvalue weighted by atomic mass is 32.2. The maximum atomic E-state index is 13.1. The third kappa shape index (κ3) is 5.28. The smallest absolute Gasteiger partial charge is 0.232 e. The third-order valence-electron chi connectivity index (χ3n) is 5.78. The normalized spacial score (nSPS) is 20.7. The zero-order valence-electron chi connectivity index (χ0n) is 16.5. The maximum absolute atomic E-state index is 13.1. The highest BCUT2D eigenvalue weighted by molar-refractivity contribution is 8.00. The van der Waals surface area contributed by atoms with Crippen molar-refractivity contribution in [3.63, 3.8) is 0 Å². The van der Waals surface area contributed by atoms with Crippen LogP contribution in [0.3, 0.4) is 0 Å². The van der Waals surface area contributed by atoms with Gasteiger partial charge in [0.15, 0.2) is 0 Å². The summed E-state index contributed by atoms with van der Waals surface area (Å²) in [6, 6.07) is 11.1. The maximum Gasteiger partial charge on any atom is 0.232 e. The van der Waals surface area contributed by atoms with Crippen LogP contribution in [-0.4, -0.2) is 71.8 Å². The number of amides is 1. The number of carbonyl (C=O) groups excluding carboxylic acids is 1. The number of aromatic nitrogens is 1. The van der Waals surface area contributed by atoms with Gasteiger partial charge >= 0.3 is 0 Å². The van der Waals surface area contributed by atoms with E-state index in [1.54, 1.807) is 24.2 Å². The lowest BCUT2D eigenvalue weighted by molar-refractivity contribution is -0.130. The Balaban J connectivity index is 1.26. The molecule has 29 heavy (non-hydrogen) atoms. The van der Waals surface area contributed by atoms with Gasteiger partial charge < -0.3 is 9.80 Å². The zero-order valence-corrected chi connectivity index (χ0v) is 17.4. The Morgan fingerprint density at radius 3 is 2.48 bits per heavy atom. The van der Waals surface area contributed by atoms with Crippen LogP contribution in [0.2, 0.25) is 0 Å². The molecule has 0 N–H and O–H groups in total. The van der Waals surface area contributed by atoms with E-state index < -0.39 is 0 Å². The van der Waals surface area contributed by atoms with Crippen molar-refractivity contribution in [1.29, 1.82) is 0 Å². The molecule has 1 atom stereocenters. The minimum absolute atomic E-state index is 0.193. The minimum atomic E-state index is -0.193. The van der Waals surface area contributed by atoms with E-state index in [0.29, 0.717) is 11.8 Å². The lowest BCUT2D eigenvalue weighted by atomic mass is 10.0. The molecule has 0 radical (unpaired) electrons. The minimum Gasteiger partial charge on any atom is -0.369 e. The fourth-order valence-corrected chi connectivity index (χ4v) is 4.93. The van der Waals surface area contributed by atoms with Crippen molar-refractivity contribution in [2.45, 2.75) is 23.8 Å². The van der Waals surface area contributed by atoms with Crippen LogP contribution in [0.1, 0.15) is 12.8 Å². The van der Waals surface area contributed by atoms with Gasteiger partial charge in [-0.3, -0.25) is 14.7 Å². The molecule has 0 saturated carbocycles. The second kappa shape index (κ2) is 9.59. The molecule has 1 amide bonds. The number of halogens is 1. The molecule has 2 aromatic rings. The molecule has 2 fully saturated rings. The topological polar surface area (TPSA) is 39.7 Å². The quantitative estimate of drug-likeness (QED) is 0.703. The first kappa shape index (κ1) is 20.2. The van der Waals surface area contributed by atoms with Crippen LogP contribution in [-0.2, 0) is 4.79 Å². The summed E-state index contributed by atoms with van der Waals surface area (Å²) >= 11 is 1.58. The van der Waals surface area contributed by atoms with Crippen molar-refractivity contribution in [2.75, 3.05) is 49.9 Å². The second-order valence-electron chi connectivity index (χ2n) is 7.61. The molecule has 1 aromatic carbocycles. The van der Waals surface area contributed by atoms with Crippen molar-refractivity contribution in [3.05, 3.63) is 54.6 Å². The predicted molar refractivity (Wildman–Crippen MR) is 115 cm³/mol. The number of pyridine rings is 1. The molecule has 154 valence electrons. The average Bonchev–Trinajstić information content (AvgIpc) is 2.79. The number of nitrogens with zero attached hydrogens (tertiary/aromatic N) is 4. The highest BCUT2D eigenvalue weighted by Gasteiger charge is 2.30. The first-order valence-electron chi connectivity index (χ1n) is 10.2. The third-order valence-corrected chi connectivity index (χ3v) is 6.78. The fourth-order valence-electron chi connectivity index (χ4n) is 4.15. The molecule has 2 aliphatic heterocycles. The largest absolute Gasteiger partial charge is 0.369 e. The van der Waals surface area contributed by atoms with E-state index in [2.05, 4.69) is 14.8 Å². The van der Waals surface area contributed by atoms with E-state index in [-0.39, 0.29) is 11.7 Å². The van der Waals surface area contributed by atoms with Crippen LogP contribution in [0.5, 0.6) is 0 Å². The summed E-state index contributed by atoms with van der Waals surface area (Å²) in [6.45, 7) is 5.53. The number of rotatable bonds is 5. The number of likely N-dealkylation sites (tertiary alicyclic amines) is 1. The Kier molecular flexibility index (Phi) is 6.67. The van der Waals surface area contributed by atoms with E-state index in [1.807, 2.05) is 29.2 Å².